The molecule has 8 aromatic rings. The van der Waals surface area contributed by atoms with Gasteiger partial charge in [-0.25, -0.2) is 9.97 Å². The van der Waals surface area contributed by atoms with E-state index in [4.69, 9.17) is 46.4 Å². The molecule has 0 spiro atoms. The van der Waals surface area contributed by atoms with E-state index < -0.39 is 0 Å². The molecule has 4 N–H and O–H groups in total. The van der Waals surface area contributed by atoms with Crippen molar-refractivity contribution in [1.29, 1.82) is 0 Å². The molecule has 0 saturated carbocycles. The highest BCUT2D eigenvalue weighted by Crippen LogP contribution is 2.36. The molecule has 0 fully saturated rings. The Morgan fingerprint density at radius 2 is 1.16 bits per heavy atom. The van der Waals surface area contributed by atoms with Crippen LogP contribution in [0.1, 0.15) is 69.3 Å². The predicted molar refractivity (Wildman–Crippen MR) is 235 cm³/mol. The fourth-order valence-corrected chi connectivity index (χ4v) is 8.39. The number of aryl methyl sites for hydroxylation is 1. The number of carbonyl (C=O) groups excluding carboxylic acids is 2. The number of aromatic amines is 2. The lowest BCUT2D eigenvalue weighted by Gasteiger charge is -2.26. The van der Waals surface area contributed by atoms with Gasteiger partial charge in [0.15, 0.2) is 0 Å². The number of nitrogens with zero attached hydrogens (tertiary/aromatic N) is 2. The molecule has 58 heavy (non-hydrogen) atoms. The fraction of sp³-hybridized carbons (Fsp3) is 0.130. The number of hydrogen-bond donors (Lipinski definition) is 4. The summed E-state index contributed by atoms with van der Waals surface area (Å²) in [6, 6.07) is 39.6. The summed E-state index contributed by atoms with van der Waals surface area (Å²) in [5.74, 6) is 0.913. The Balaban J connectivity index is 0.000000162. The molecular weight excluding hydrogens is 810 g/mol. The molecule has 0 saturated heterocycles. The third-order valence-corrected chi connectivity index (χ3v) is 11.5. The van der Waals surface area contributed by atoms with E-state index in [1.54, 1.807) is 54.6 Å². The van der Waals surface area contributed by atoms with Crippen molar-refractivity contribution < 1.29 is 9.59 Å². The minimum atomic E-state index is -0.148. The molecule has 1 aliphatic carbocycles. The zero-order chi connectivity index (χ0) is 40.3. The predicted octanol–water partition coefficient (Wildman–Crippen LogP) is 12.4. The van der Waals surface area contributed by atoms with Gasteiger partial charge in [0, 0.05) is 11.1 Å². The molecule has 0 bridgehead atoms. The van der Waals surface area contributed by atoms with Crippen molar-refractivity contribution in [2.45, 2.75) is 38.3 Å². The Bertz CT molecular complexity index is 2760. The number of amides is 2. The van der Waals surface area contributed by atoms with E-state index in [0.29, 0.717) is 54.0 Å². The van der Waals surface area contributed by atoms with Gasteiger partial charge in [-0.2, -0.15) is 0 Å². The average molecular weight is 847 g/mol. The van der Waals surface area contributed by atoms with Crippen LogP contribution in [0, 0.1) is 0 Å². The normalized spacial score (nSPS) is 14.0. The molecule has 1 aliphatic rings. The standard InChI is InChI=1S/C24H19Cl2N3O.C22H17Cl2N3O/c25-17-8-4-9-18(26)22(17)23-27-20-12-11-15(13-21(20)28-23)24(30)29-19-10-3-6-14-5-1-2-7-16(14)19;1-13(14-6-3-2-4-7-14)25-22(28)15-10-11-18-19(12-15)27-21(26-18)20-16(23)8-5-9-17(20)24/h1-2,4-5,7-9,11-13,19H,3,6,10H2,(H,27,28)(H,29,30);2-13H,1H3,(H,25,28)(H,26,27)/t;13-/m.0/s1. The smallest absolute Gasteiger partial charge is 0.251 e. The fourth-order valence-electron chi connectivity index (χ4n) is 7.24. The molecule has 1 unspecified atom stereocenters. The van der Waals surface area contributed by atoms with E-state index in [-0.39, 0.29) is 23.9 Å². The second-order valence-electron chi connectivity index (χ2n) is 14.1. The third-order valence-electron chi connectivity index (χ3n) is 10.2. The lowest BCUT2D eigenvalue weighted by atomic mass is 9.87. The number of aromatic nitrogens is 4. The number of hydrogen-bond acceptors (Lipinski definition) is 4. The summed E-state index contributed by atoms with van der Waals surface area (Å²) in [7, 11) is 0. The largest absolute Gasteiger partial charge is 0.346 e. The number of H-pyrrole nitrogens is 2. The van der Waals surface area contributed by atoms with Gasteiger partial charge in [0.25, 0.3) is 11.8 Å². The Labute approximate surface area is 354 Å². The lowest BCUT2D eigenvalue weighted by molar-refractivity contribution is 0.0927. The van der Waals surface area contributed by atoms with E-state index in [1.807, 2.05) is 61.5 Å². The Hall–Kier alpha value is -5.64. The zero-order valence-electron chi connectivity index (χ0n) is 31.1. The first-order valence-electron chi connectivity index (χ1n) is 18.8. The molecular formula is C46H36Cl4N6O2. The first-order valence-corrected chi connectivity index (χ1v) is 20.3. The molecule has 290 valence electrons. The van der Waals surface area contributed by atoms with Crippen molar-refractivity contribution in [3.8, 4) is 22.8 Å². The van der Waals surface area contributed by atoms with Gasteiger partial charge in [0.05, 0.1) is 65.4 Å². The number of fused-ring (bicyclic) bond motifs is 3. The minimum Gasteiger partial charge on any atom is -0.346 e. The second-order valence-corrected chi connectivity index (χ2v) is 15.7. The van der Waals surface area contributed by atoms with E-state index in [2.05, 4.69) is 48.8 Å². The van der Waals surface area contributed by atoms with Crippen LogP contribution in [0.15, 0.2) is 127 Å². The van der Waals surface area contributed by atoms with Gasteiger partial charge in [0.2, 0.25) is 0 Å². The number of benzene rings is 6. The van der Waals surface area contributed by atoms with Crippen LogP contribution in [-0.4, -0.2) is 31.8 Å². The number of carbonyl (C=O) groups is 2. The minimum absolute atomic E-state index is 0.0393. The molecule has 0 aliphatic heterocycles. The first-order chi connectivity index (χ1) is 28.1. The van der Waals surface area contributed by atoms with Crippen LogP contribution in [0.2, 0.25) is 20.1 Å². The SMILES string of the molecule is C[C@H](NC(=O)c1ccc2nc(-c3c(Cl)cccc3Cl)[nH]c2c1)c1ccccc1.O=C(NC1CCCc2ccccc21)c1ccc2nc(-c3c(Cl)cccc3Cl)[nH]c2c1. The van der Waals surface area contributed by atoms with Gasteiger partial charge in [-0.1, -0.05) is 113 Å². The summed E-state index contributed by atoms with van der Waals surface area (Å²) >= 11 is 25.2. The number of rotatable bonds is 7. The number of halogens is 4. The Morgan fingerprint density at radius 3 is 1.72 bits per heavy atom. The summed E-state index contributed by atoms with van der Waals surface area (Å²) in [4.78, 5) is 41.2. The molecule has 9 rings (SSSR count). The zero-order valence-corrected chi connectivity index (χ0v) is 34.1. The van der Waals surface area contributed by atoms with Crippen molar-refractivity contribution in [3.05, 3.63) is 175 Å². The van der Waals surface area contributed by atoms with Crippen LogP contribution in [0.25, 0.3) is 44.8 Å². The average Bonchev–Trinajstić information content (AvgIpc) is 3.85. The summed E-state index contributed by atoms with van der Waals surface area (Å²) in [6.07, 6.45) is 3.09. The van der Waals surface area contributed by atoms with Gasteiger partial charge < -0.3 is 20.6 Å². The van der Waals surface area contributed by atoms with E-state index in [0.717, 1.165) is 46.9 Å². The highest BCUT2D eigenvalue weighted by Gasteiger charge is 2.23. The van der Waals surface area contributed by atoms with E-state index in [9.17, 15) is 9.59 Å². The summed E-state index contributed by atoms with van der Waals surface area (Å²) in [5, 5.41) is 8.29. The summed E-state index contributed by atoms with van der Waals surface area (Å²) in [6.45, 7) is 1.96. The molecule has 12 heteroatoms. The van der Waals surface area contributed by atoms with Crippen molar-refractivity contribution in [2.24, 2.45) is 0 Å². The van der Waals surface area contributed by atoms with Crippen LogP contribution < -0.4 is 10.6 Å². The number of nitrogens with one attached hydrogen (secondary N) is 4. The van der Waals surface area contributed by atoms with Crippen molar-refractivity contribution >= 4 is 80.3 Å². The summed E-state index contributed by atoms with van der Waals surface area (Å²) in [5.41, 5.74) is 9.01. The van der Waals surface area contributed by atoms with Gasteiger partial charge in [-0.05, 0) is 104 Å². The van der Waals surface area contributed by atoms with E-state index >= 15 is 0 Å². The van der Waals surface area contributed by atoms with Gasteiger partial charge in [0.1, 0.15) is 11.6 Å². The van der Waals surface area contributed by atoms with Gasteiger partial charge >= 0.3 is 0 Å². The summed E-state index contributed by atoms with van der Waals surface area (Å²) < 4.78 is 0. The van der Waals surface area contributed by atoms with Crippen molar-refractivity contribution in [2.75, 3.05) is 0 Å². The van der Waals surface area contributed by atoms with Crippen LogP contribution in [0.5, 0.6) is 0 Å². The third kappa shape index (κ3) is 8.33. The molecule has 8 nitrogen and oxygen atoms in total. The monoisotopic (exact) mass is 844 g/mol. The Kier molecular flexibility index (Phi) is 11.5. The van der Waals surface area contributed by atoms with Crippen LogP contribution in [-0.2, 0) is 6.42 Å². The maximum Gasteiger partial charge on any atom is 0.251 e. The molecule has 2 atom stereocenters. The van der Waals surface area contributed by atoms with Crippen LogP contribution >= 0.6 is 46.4 Å². The lowest BCUT2D eigenvalue weighted by Crippen LogP contribution is -2.30. The van der Waals surface area contributed by atoms with Gasteiger partial charge in [-0.15, -0.1) is 0 Å². The molecule has 2 amide bonds. The highest BCUT2D eigenvalue weighted by atomic mass is 35.5. The quantitative estimate of drug-likeness (QED) is 0.128. The van der Waals surface area contributed by atoms with Crippen LogP contribution in [0.4, 0.5) is 0 Å². The maximum atomic E-state index is 13.0. The molecule has 2 aromatic heterocycles. The van der Waals surface area contributed by atoms with Crippen molar-refractivity contribution in [3.63, 3.8) is 0 Å². The molecule has 2 heterocycles. The number of imidazole rings is 2. The van der Waals surface area contributed by atoms with E-state index in [1.165, 1.54) is 11.1 Å². The maximum absolute atomic E-state index is 13.0. The molecule has 6 aromatic carbocycles. The first kappa shape index (κ1) is 39.2. The Morgan fingerprint density at radius 1 is 0.638 bits per heavy atom. The van der Waals surface area contributed by atoms with Gasteiger partial charge in [-0.3, -0.25) is 9.59 Å². The molecule has 0 radical (unpaired) electrons. The topological polar surface area (TPSA) is 116 Å². The van der Waals surface area contributed by atoms with Crippen molar-refractivity contribution in [1.82, 2.24) is 30.6 Å². The highest BCUT2D eigenvalue weighted by molar-refractivity contribution is 6.39. The second kappa shape index (κ2) is 17.1. The van der Waals surface area contributed by atoms with Crippen LogP contribution in [0.3, 0.4) is 0 Å².